The molecule has 5 heteroatoms. The third-order valence-corrected chi connectivity index (χ3v) is 16.7. The molecule has 4 N–H and O–H groups in total. The second kappa shape index (κ2) is 12.4. The van der Waals surface area contributed by atoms with Gasteiger partial charge in [-0.1, -0.05) is 76.2 Å². The highest BCUT2D eigenvalue weighted by Gasteiger charge is 2.69. The summed E-state index contributed by atoms with van der Waals surface area (Å²) in [5.74, 6) is 2.47. The largest absolute Gasteiger partial charge is 0.392 e. The number of hydrogen-bond acceptors (Lipinski definition) is 5. The minimum absolute atomic E-state index is 0.0481. The molecule has 0 spiro atoms. The fourth-order valence-corrected chi connectivity index (χ4v) is 14.7. The van der Waals surface area contributed by atoms with Crippen LogP contribution in [0.5, 0.6) is 0 Å². The molecule has 8 rings (SSSR count). The molecule has 0 saturated heterocycles. The average Bonchev–Trinajstić information content (AvgIpc) is 3.34. The smallest absolute Gasteiger partial charge is 0.159 e. The Bertz CT molecular complexity index is 1420. The molecule has 0 aromatic carbocycles. The van der Waals surface area contributed by atoms with Crippen LogP contribution in [0, 0.1) is 64.1 Å². The van der Waals surface area contributed by atoms with Crippen LogP contribution in [-0.4, -0.2) is 50.1 Å². The molecule has 8 aliphatic carbocycles. The van der Waals surface area contributed by atoms with Gasteiger partial charge in [-0.2, -0.15) is 0 Å². The molecule has 0 aromatic rings. The fourth-order valence-electron chi connectivity index (χ4n) is 14.7. The number of allylic oxidation sites excluding steroid dienone is 3. The molecule has 0 bridgehead atoms. The van der Waals surface area contributed by atoms with Crippen molar-refractivity contribution < 1.29 is 25.2 Å². The van der Waals surface area contributed by atoms with Crippen LogP contribution in [0.4, 0.5) is 0 Å². The third kappa shape index (κ3) is 5.00. The van der Waals surface area contributed by atoms with Crippen LogP contribution in [0.25, 0.3) is 0 Å². The number of ketones is 1. The van der Waals surface area contributed by atoms with Crippen molar-refractivity contribution in [2.24, 2.45) is 64.1 Å². The maximum atomic E-state index is 14.2. The highest BCUT2D eigenvalue weighted by Crippen LogP contribution is 2.71. The first-order chi connectivity index (χ1) is 23.3. The number of hydrogen-bond donors (Lipinski definition) is 4. The molecular formula is C44H66O5. The molecule has 0 radical (unpaired) electrons. The van der Waals surface area contributed by atoms with Gasteiger partial charge >= 0.3 is 0 Å². The van der Waals surface area contributed by atoms with Crippen LogP contribution in [0.15, 0.2) is 33.9 Å². The van der Waals surface area contributed by atoms with E-state index in [0.717, 1.165) is 50.5 Å². The van der Waals surface area contributed by atoms with E-state index < -0.39 is 34.7 Å². The number of rotatable bonds is 6. The van der Waals surface area contributed by atoms with Gasteiger partial charge in [0.15, 0.2) is 5.78 Å². The van der Waals surface area contributed by atoms with E-state index in [9.17, 15) is 25.2 Å². The van der Waals surface area contributed by atoms with Gasteiger partial charge in [0.1, 0.15) is 0 Å². The first-order valence-corrected chi connectivity index (χ1v) is 20.8. The second-order valence-electron chi connectivity index (χ2n) is 19.5. The van der Waals surface area contributed by atoms with E-state index in [0.29, 0.717) is 42.9 Å². The number of fused-ring (bicyclic) bond motifs is 7. The first-order valence-electron chi connectivity index (χ1n) is 20.8. The monoisotopic (exact) mass is 674 g/mol. The predicted octanol–water partition coefficient (Wildman–Crippen LogP) is 8.25. The average molecular weight is 675 g/mol. The van der Waals surface area contributed by atoms with Gasteiger partial charge < -0.3 is 20.4 Å². The van der Waals surface area contributed by atoms with Crippen LogP contribution in [-0.2, 0) is 4.79 Å². The maximum absolute atomic E-state index is 14.2. The summed E-state index contributed by atoms with van der Waals surface area (Å²) in [6.45, 7) is 11.5. The van der Waals surface area contributed by atoms with E-state index >= 15 is 0 Å². The van der Waals surface area contributed by atoms with Gasteiger partial charge in [0.05, 0.1) is 23.9 Å². The molecule has 5 fully saturated rings. The summed E-state index contributed by atoms with van der Waals surface area (Å²) in [5, 5.41) is 47.8. The summed E-state index contributed by atoms with van der Waals surface area (Å²) in [4.78, 5) is 14.2. The van der Waals surface area contributed by atoms with Crippen molar-refractivity contribution in [1.29, 1.82) is 0 Å². The van der Waals surface area contributed by atoms with Crippen LogP contribution in [0.2, 0.25) is 0 Å². The molecule has 272 valence electrons. The Morgan fingerprint density at radius 2 is 1.65 bits per heavy atom. The normalized spacial score (nSPS) is 47.8. The standard InChI is InChI=1S/C44H66O5/c1-24(2)10-9-17-43-23-37(47)36(46)22-34(43)35(45)21-33-32(43)15-18-42(5)31(16-19-44(33,42)49)30-20-26-11-8-14-29-27-12-6-7-13-28(27)38(25(3)4)40(39(26)29)41(30)48/h21,24-27,30-32,34,36-37,40-41,46-49H,6-20,22-23H2,1-5H3. The molecule has 5 saturated carbocycles. The zero-order valence-electron chi connectivity index (χ0n) is 31.2. The molecule has 13 atom stereocenters. The lowest BCUT2D eigenvalue weighted by Crippen LogP contribution is -2.62. The molecule has 0 aliphatic heterocycles. The van der Waals surface area contributed by atoms with Gasteiger partial charge in [-0.3, -0.25) is 4.79 Å². The van der Waals surface area contributed by atoms with E-state index in [2.05, 4.69) is 34.6 Å². The molecule has 5 nitrogen and oxygen atoms in total. The summed E-state index contributed by atoms with van der Waals surface area (Å²) in [6.07, 6.45) is 16.6. The van der Waals surface area contributed by atoms with Crippen LogP contribution < -0.4 is 0 Å². The zero-order chi connectivity index (χ0) is 34.6. The summed E-state index contributed by atoms with van der Waals surface area (Å²) in [6, 6.07) is 0. The Balaban J connectivity index is 1.15. The van der Waals surface area contributed by atoms with Crippen molar-refractivity contribution >= 4 is 5.78 Å². The van der Waals surface area contributed by atoms with Gasteiger partial charge in [0.25, 0.3) is 0 Å². The van der Waals surface area contributed by atoms with Crippen molar-refractivity contribution in [1.82, 2.24) is 0 Å². The van der Waals surface area contributed by atoms with E-state index in [-0.39, 0.29) is 35.4 Å². The number of carbonyl (C=O) groups is 1. The van der Waals surface area contributed by atoms with Gasteiger partial charge in [-0.15, -0.1) is 0 Å². The third-order valence-electron chi connectivity index (χ3n) is 16.7. The van der Waals surface area contributed by atoms with Crippen molar-refractivity contribution in [2.75, 3.05) is 0 Å². The fraction of sp³-hybridized carbons (Fsp3) is 0.841. The molecule has 49 heavy (non-hydrogen) atoms. The lowest BCUT2D eigenvalue weighted by molar-refractivity contribution is -0.161. The quantitative estimate of drug-likeness (QED) is 0.213. The number of aliphatic hydroxyl groups is 4. The minimum Gasteiger partial charge on any atom is -0.392 e. The lowest BCUT2D eigenvalue weighted by atomic mass is 9.43. The Hall–Kier alpha value is -1.27. The Morgan fingerprint density at radius 1 is 0.878 bits per heavy atom. The van der Waals surface area contributed by atoms with E-state index in [4.69, 9.17) is 0 Å². The Morgan fingerprint density at radius 3 is 2.41 bits per heavy atom. The topological polar surface area (TPSA) is 98.0 Å². The minimum atomic E-state index is -1.08. The summed E-state index contributed by atoms with van der Waals surface area (Å²) in [7, 11) is 0. The van der Waals surface area contributed by atoms with Gasteiger partial charge in [-0.05, 0) is 142 Å². The van der Waals surface area contributed by atoms with Crippen molar-refractivity contribution in [3.05, 3.63) is 33.9 Å². The Kier molecular flexibility index (Phi) is 8.81. The van der Waals surface area contributed by atoms with Gasteiger partial charge in [-0.25, -0.2) is 0 Å². The van der Waals surface area contributed by atoms with E-state index in [1.807, 2.05) is 6.08 Å². The summed E-state index contributed by atoms with van der Waals surface area (Å²) >= 11 is 0. The molecule has 8 aliphatic rings. The molecular weight excluding hydrogens is 608 g/mol. The van der Waals surface area contributed by atoms with Crippen molar-refractivity contribution in [2.45, 2.75) is 168 Å². The maximum Gasteiger partial charge on any atom is 0.159 e. The van der Waals surface area contributed by atoms with Crippen LogP contribution in [0.3, 0.4) is 0 Å². The predicted molar refractivity (Wildman–Crippen MR) is 193 cm³/mol. The molecule has 0 aromatic heterocycles. The molecule has 13 unspecified atom stereocenters. The van der Waals surface area contributed by atoms with E-state index in [1.165, 1.54) is 44.9 Å². The SMILES string of the molecule is CC(C)CCCC12CC(O)C(O)CC1C(=O)C=C1C2CCC2(C)C(C3CC4CCCC5=C4C(C(C(C)C)=C4CCCCC45)C3O)CCC12O. The highest BCUT2D eigenvalue weighted by atomic mass is 16.3. The second-order valence-corrected chi connectivity index (χ2v) is 19.5. The van der Waals surface area contributed by atoms with Crippen LogP contribution >= 0.6 is 0 Å². The lowest BCUT2D eigenvalue weighted by Gasteiger charge is -2.62. The zero-order valence-corrected chi connectivity index (χ0v) is 31.2. The highest BCUT2D eigenvalue weighted by molar-refractivity contribution is 5.95. The first kappa shape index (κ1) is 34.8. The van der Waals surface area contributed by atoms with Crippen molar-refractivity contribution in [3.8, 4) is 0 Å². The van der Waals surface area contributed by atoms with E-state index in [1.54, 1.807) is 22.3 Å². The Labute approximate surface area is 296 Å². The molecule has 0 heterocycles. The van der Waals surface area contributed by atoms with Gasteiger partial charge in [0.2, 0.25) is 0 Å². The van der Waals surface area contributed by atoms with Crippen molar-refractivity contribution in [3.63, 3.8) is 0 Å². The summed E-state index contributed by atoms with van der Waals surface area (Å²) in [5.41, 5.74) is 5.65. The molecule has 0 amide bonds. The number of carbonyl (C=O) groups excluding carboxylic acids is 1. The summed E-state index contributed by atoms with van der Waals surface area (Å²) < 4.78 is 0. The van der Waals surface area contributed by atoms with Gasteiger partial charge in [0, 0.05) is 23.2 Å². The van der Waals surface area contributed by atoms with Crippen LogP contribution in [0.1, 0.15) is 144 Å². The number of aliphatic hydroxyl groups excluding tert-OH is 3.